The third kappa shape index (κ3) is 3.51. The molecular weight excluding hydrogens is 354 g/mol. The molecule has 1 aromatic carbocycles. The molecule has 28 heavy (non-hydrogen) atoms. The van der Waals surface area contributed by atoms with Gasteiger partial charge in [0.05, 0.1) is 0 Å². The minimum absolute atomic E-state index is 0.00651. The molecule has 2 bridgehead atoms. The number of pyridine rings is 1. The average molecular weight is 379 g/mol. The van der Waals surface area contributed by atoms with Gasteiger partial charge in [0.2, 0.25) is 6.79 Å². The van der Waals surface area contributed by atoms with Gasteiger partial charge in [-0.15, -0.1) is 0 Å². The van der Waals surface area contributed by atoms with E-state index in [4.69, 9.17) is 9.47 Å². The Hall–Kier alpha value is -2.76. The summed E-state index contributed by atoms with van der Waals surface area (Å²) in [6.07, 6.45) is 8.52. The van der Waals surface area contributed by atoms with E-state index >= 15 is 0 Å². The first kappa shape index (κ1) is 17.3. The van der Waals surface area contributed by atoms with Crippen LogP contribution in [-0.2, 0) is 13.1 Å². The minimum atomic E-state index is 0.00651. The van der Waals surface area contributed by atoms with Crippen LogP contribution in [0.4, 0.5) is 4.79 Å². The van der Waals surface area contributed by atoms with Gasteiger partial charge < -0.3 is 19.7 Å². The lowest BCUT2D eigenvalue weighted by Crippen LogP contribution is -2.46. The van der Waals surface area contributed by atoms with Crippen molar-refractivity contribution in [1.29, 1.82) is 0 Å². The van der Waals surface area contributed by atoms with Crippen LogP contribution < -0.4 is 14.8 Å². The number of nitrogens with zero attached hydrogens (tertiary/aromatic N) is 2. The number of amides is 2. The third-order valence-corrected chi connectivity index (χ3v) is 6.27. The summed E-state index contributed by atoms with van der Waals surface area (Å²) in [5.74, 6) is 2.96. The number of carbonyl (C=O) groups is 1. The Kier molecular flexibility index (Phi) is 4.55. The fourth-order valence-electron chi connectivity index (χ4n) is 4.84. The fourth-order valence-corrected chi connectivity index (χ4v) is 4.84. The Morgan fingerprint density at radius 3 is 2.64 bits per heavy atom. The predicted molar refractivity (Wildman–Crippen MR) is 104 cm³/mol. The number of benzene rings is 1. The largest absolute Gasteiger partial charge is 0.454 e. The highest BCUT2D eigenvalue weighted by molar-refractivity contribution is 5.74. The second kappa shape index (κ2) is 7.34. The van der Waals surface area contributed by atoms with Crippen molar-refractivity contribution in [2.24, 2.45) is 11.8 Å². The van der Waals surface area contributed by atoms with Crippen molar-refractivity contribution in [3.63, 3.8) is 0 Å². The topological polar surface area (TPSA) is 63.7 Å². The van der Waals surface area contributed by atoms with E-state index in [1.165, 1.54) is 19.3 Å². The van der Waals surface area contributed by atoms with E-state index in [1.807, 2.05) is 35.2 Å². The highest BCUT2D eigenvalue weighted by atomic mass is 16.7. The Labute approximate surface area is 164 Å². The number of hydrogen-bond donors (Lipinski definition) is 1. The summed E-state index contributed by atoms with van der Waals surface area (Å²) in [6.45, 7) is 1.32. The maximum atomic E-state index is 13.2. The van der Waals surface area contributed by atoms with Crippen molar-refractivity contribution in [2.45, 2.75) is 44.8 Å². The van der Waals surface area contributed by atoms with Gasteiger partial charge in [-0.2, -0.15) is 0 Å². The molecule has 0 saturated heterocycles. The molecule has 3 atom stereocenters. The van der Waals surface area contributed by atoms with Crippen molar-refractivity contribution in [2.75, 3.05) is 6.79 Å². The Bertz CT molecular complexity index is 857. The van der Waals surface area contributed by atoms with Crippen molar-refractivity contribution < 1.29 is 14.3 Å². The molecule has 1 aliphatic heterocycles. The molecule has 0 spiro atoms. The van der Waals surface area contributed by atoms with Crippen LogP contribution in [0, 0.1) is 11.8 Å². The number of carbonyl (C=O) groups excluding carboxylic acids is 1. The van der Waals surface area contributed by atoms with Crippen molar-refractivity contribution in [3.8, 4) is 11.5 Å². The molecule has 6 nitrogen and oxygen atoms in total. The lowest BCUT2D eigenvalue weighted by atomic mass is 9.95. The van der Waals surface area contributed by atoms with Gasteiger partial charge in [-0.25, -0.2) is 4.79 Å². The second-order valence-corrected chi connectivity index (χ2v) is 8.13. The van der Waals surface area contributed by atoms with E-state index in [0.717, 1.165) is 35.0 Å². The van der Waals surface area contributed by atoms with Crippen LogP contribution >= 0.6 is 0 Å². The molecule has 1 aromatic heterocycles. The quantitative estimate of drug-likeness (QED) is 0.860. The van der Waals surface area contributed by atoms with Gasteiger partial charge in [-0.05, 0) is 66.5 Å². The van der Waals surface area contributed by atoms with Crippen molar-refractivity contribution >= 4 is 6.03 Å². The van der Waals surface area contributed by atoms with Crippen LogP contribution in [0.15, 0.2) is 42.7 Å². The molecule has 0 radical (unpaired) electrons. The molecule has 2 heterocycles. The van der Waals surface area contributed by atoms with Crippen LogP contribution in [0.5, 0.6) is 11.5 Å². The van der Waals surface area contributed by atoms with Crippen LogP contribution in [-0.4, -0.2) is 28.7 Å². The molecule has 2 aromatic rings. The van der Waals surface area contributed by atoms with Crippen molar-refractivity contribution in [1.82, 2.24) is 15.2 Å². The summed E-state index contributed by atoms with van der Waals surface area (Å²) in [7, 11) is 0. The number of nitrogens with one attached hydrogen (secondary N) is 1. The molecule has 2 amide bonds. The Balaban J connectivity index is 1.32. The van der Waals surface area contributed by atoms with Crippen molar-refractivity contribution in [3.05, 3.63) is 53.9 Å². The van der Waals surface area contributed by atoms with Crippen LogP contribution in [0.25, 0.3) is 0 Å². The van der Waals surface area contributed by atoms with Gasteiger partial charge >= 0.3 is 6.03 Å². The number of rotatable bonds is 5. The number of urea groups is 1. The summed E-state index contributed by atoms with van der Waals surface area (Å²) >= 11 is 0. The highest BCUT2D eigenvalue weighted by Gasteiger charge is 2.40. The summed E-state index contributed by atoms with van der Waals surface area (Å²) in [4.78, 5) is 19.1. The third-order valence-electron chi connectivity index (χ3n) is 6.27. The maximum Gasteiger partial charge on any atom is 0.318 e. The zero-order valence-electron chi connectivity index (χ0n) is 15.8. The summed E-state index contributed by atoms with van der Waals surface area (Å²) in [5.41, 5.74) is 2.10. The molecule has 2 aliphatic carbocycles. The van der Waals surface area contributed by atoms with Gasteiger partial charge in [0, 0.05) is 31.5 Å². The average Bonchev–Trinajstić information content (AvgIpc) is 3.45. The molecule has 6 heteroatoms. The smallest absolute Gasteiger partial charge is 0.318 e. The van der Waals surface area contributed by atoms with Gasteiger partial charge in [-0.1, -0.05) is 12.5 Å². The molecule has 2 saturated carbocycles. The fraction of sp³-hybridized carbons (Fsp3) is 0.455. The van der Waals surface area contributed by atoms with Gasteiger partial charge in [0.15, 0.2) is 11.5 Å². The summed E-state index contributed by atoms with van der Waals surface area (Å²) < 4.78 is 10.9. The van der Waals surface area contributed by atoms with E-state index in [2.05, 4.69) is 10.3 Å². The molecule has 0 unspecified atom stereocenters. The van der Waals surface area contributed by atoms with Gasteiger partial charge in [-0.3, -0.25) is 4.98 Å². The first-order valence-corrected chi connectivity index (χ1v) is 10.1. The first-order valence-electron chi connectivity index (χ1n) is 10.1. The lowest BCUT2D eigenvalue weighted by molar-refractivity contribution is 0.173. The van der Waals surface area contributed by atoms with Crippen LogP contribution in [0.2, 0.25) is 0 Å². The zero-order chi connectivity index (χ0) is 18.9. The molecule has 1 N–H and O–H groups in total. The highest BCUT2D eigenvalue weighted by Crippen LogP contribution is 2.44. The normalized spacial score (nSPS) is 24.4. The Morgan fingerprint density at radius 2 is 1.86 bits per heavy atom. The molecule has 5 rings (SSSR count). The maximum absolute atomic E-state index is 13.2. The minimum Gasteiger partial charge on any atom is -0.454 e. The number of fused-ring (bicyclic) bond motifs is 3. The number of hydrogen-bond acceptors (Lipinski definition) is 4. The number of ether oxygens (including phenoxy) is 2. The van der Waals surface area contributed by atoms with Gasteiger partial charge in [0.25, 0.3) is 0 Å². The van der Waals surface area contributed by atoms with E-state index < -0.39 is 0 Å². The second-order valence-electron chi connectivity index (χ2n) is 8.13. The van der Waals surface area contributed by atoms with E-state index in [9.17, 15) is 4.79 Å². The number of aromatic nitrogens is 1. The summed E-state index contributed by atoms with van der Waals surface area (Å²) in [6, 6.07) is 10.1. The lowest BCUT2D eigenvalue weighted by Gasteiger charge is -2.29. The molecule has 3 aliphatic rings. The standard InChI is InChI=1S/C22H25N3O3/c26-22(24-19-10-16-1-3-18(19)9-16)25(12-15-5-7-23-8-6-15)13-17-2-4-20-21(11-17)28-14-27-20/h2,4-8,11,16,18-19H,1,3,9-10,12-14H2,(H,24,26)/t16-,18+,19-/m1/s1. The molecular formula is C22H25N3O3. The van der Waals surface area contributed by atoms with Crippen LogP contribution in [0.3, 0.4) is 0 Å². The predicted octanol–water partition coefficient (Wildman–Crippen LogP) is 3.71. The van der Waals surface area contributed by atoms with E-state index in [0.29, 0.717) is 25.0 Å². The van der Waals surface area contributed by atoms with E-state index in [1.54, 1.807) is 12.4 Å². The van der Waals surface area contributed by atoms with Crippen LogP contribution in [0.1, 0.15) is 36.8 Å². The van der Waals surface area contributed by atoms with Gasteiger partial charge in [0.1, 0.15) is 0 Å². The van der Waals surface area contributed by atoms with E-state index in [-0.39, 0.29) is 12.8 Å². The Morgan fingerprint density at radius 1 is 1.04 bits per heavy atom. The zero-order valence-corrected chi connectivity index (χ0v) is 15.8. The molecule has 146 valence electrons. The summed E-state index contributed by atoms with van der Waals surface area (Å²) in [5, 5.41) is 3.32. The monoisotopic (exact) mass is 379 g/mol. The molecule has 2 fully saturated rings. The SMILES string of the molecule is O=C(N[C@@H]1C[C@@H]2CC[C@H]1C2)N(Cc1ccncc1)Cc1ccc2c(c1)OCO2. The first-order chi connectivity index (χ1) is 13.7.